The van der Waals surface area contributed by atoms with Gasteiger partial charge in [0, 0.05) is 29.1 Å². The number of fused-ring (bicyclic) bond motifs is 1. The largest absolute Gasteiger partial charge is 0.497 e. The molecule has 0 bridgehead atoms. The van der Waals surface area contributed by atoms with E-state index in [9.17, 15) is 9.59 Å². The number of nitrogens with zero attached hydrogens (tertiary/aromatic N) is 1. The Morgan fingerprint density at radius 3 is 2.33 bits per heavy atom. The van der Waals surface area contributed by atoms with Gasteiger partial charge >= 0.3 is 0 Å². The summed E-state index contributed by atoms with van der Waals surface area (Å²) in [6.45, 7) is 2.62. The van der Waals surface area contributed by atoms with Gasteiger partial charge in [-0.05, 0) is 31.2 Å². The third-order valence-corrected chi connectivity index (χ3v) is 4.20. The molecule has 2 aromatic rings. The summed E-state index contributed by atoms with van der Waals surface area (Å²) in [6.07, 6.45) is 0.0101. The average Bonchev–Trinajstić information content (AvgIpc) is 2.76. The van der Waals surface area contributed by atoms with Gasteiger partial charge in [0.15, 0.2) is 11.5 Å². The summed E-state index contributed by atoms with van der Waals surface area (Å²) in [5.74, 6) is 1.49. The van der Waals surface area contributed by atoms with Crippen molar-refractivity contribution in [1.29, 1.82) is 0 Å². The molecule has 0 aliphatic carbocycles. The van der Waals surface area contributed by atoms with Crippen LogP contribution in [0.5, 0.6) is 23.0 Å². The SMILES string of the molecule is COc1cc(OC)cc(C(=O)N/N=C(/C)CC(=O)Nc2ccc3c(c2)OCCO3)c1. The van der Waals surface area contributed by atoms with E-state index in [0.29, 0.717) is 53.2 Å². The highest BCUT2D eigenvalue weighted by Gasteiger charge is 2.14. The number of hydrazone groups is 1. The molecule has 1 aliphatic rings. The van der Waals surface area contributed by atoms with Crippen LogP contribution in [-0.2, 0) is 4.79 Å². The van der Waals surface area contributed by atoms with Gasteiger partial charge in [-0.1, -0.05) is 0 Å². The van der Waals surface area contributed by atoms with Crippen molar-refractivity contribution < 1.29 is 28.5 Å². The van der Waals surface area contributed by atoms with E-state index in [1.807, 2.05) is 0 Å². The van der Waals surface area contributed by atoms with E-state index < -0.39 is 5.91 Å². The minimum atomic E-state index is -0.446. The first-order valence-corrected chi connectivity index (χ1v) is 9.24. The maximum atomic E-state index is 12.3. The fourth-order valence-electron chi connectivity index (χ4n) is 2.75. The fourth-order valence-corrected chi connectivity index (χ4v) is 2.75. The summed E-state index contributed by atoms with van der Waals surface area (Å²) in [7, 11) is 3.00. The van der Waals surface area contributed by atoms with Crippen LogP contribution in [0.1, 0.15) is 23.7 Å². The minimum Gasteiger partial charge on any atom is -0.497 e. The van der Waals surface area contributed by atoms with Crippen LogP contribution in [-0.4, -0.2) is 45.0 Å². The second-order valence-corrected chi connectivity index (χ2v) is 6.47. The maximum absolute atomic E-state index is 12.3. The minimum absolute atomic E-state index is 0.0101. The van der Waals surface area contributed by atoms with Crippen molar-refractivity contribution in [2.75, 3.05) is 32.8 Å². The van der Waals surface area contributed by atoms with Gasteiger partial charge in [-0.15, -0.1) is 0 Å². The smallest absolute Gasteiger partial charge is 0.271 e. The molecular formula is C21H23N3O6. The Morgan fingerprint density at radius 2 is 1.67 bits per heavy atom. The number of rotatable bonds is 7. The lowest BCUT2D eigenvalue weighted by Gasteiger charge is -2.19. The van der Waals surface area contributed by atoms with Crippen LogP contribution >= 0.6 is 0 Å². The number of ether oxygens (including phenoxy) is 4. The predicted octanol–water partition coefficient (Wildman–Crippen LogP) is 2.61. The van der Waals surface area contributed by atoms with Gasteiger partial charge in [0.25, 0.3) is 5.91 Å². The summed E-state index contributed by atoms with van der Waals surface area (Å²) in [4.78, 5) is 24.6. The van der Waals surface area contributed by atoms with Gasteiger partial charge in [-0.2, -0.15) is 5.10 Å². The Labute approximate surface area is 174 Å². The molecule has 2 aromatic carbocycles. The zero-order valence-corrected chi connectivity index (χ0v) is 17.0. The normalized spacial score (nSPS) is 12.7. The highest BCUT2D eigenvalue weighted by molar-refractivity contribution is 6.06. The van der Waals surface area contributed by atoms with E-state index >= 15 is 0 Å². The molecule has 9 nitrogen and oxygen atoms in total. The van der Waals surface area contributed by atoms with Crippen LogP contribution in [0.3, 0.4) is 0 Å². The van der Waals surface area contributed by atoms with Gasteiger partial charge < -0.3 is 24.3 Å². The molecule has 1 heterocycles. The van der Waals surface area contributed by atoms with Crippen LogP contribution in [0.2, 0.25) is 0 Å². The highest BCUT2D eigenvalue weighted by atomic mass is 16.6. The Morgan fingerprint density at radius 1 is 1.00 bits per heavy atom. The molecule has 2 N–H and O–H groups in total. The van der Waals surface area contributed by atoms with E-state index in [1.54, 1.807) is 43.3 Å². The van der Waals surface area contributed by atoms with E-state index in [-0.39, 0.29) is 12.3 Å². The summed E-state index contributed by atoms with van der Waals surface area (Å²) < 4.78 is 21.3. The summed E-state index contributed by atoms with van der Waals surface area (Å²) in [6, 6.07) is 9.97. The first-order chi connectivity index (χ1) is 14.5. The van der Waals surface area contributed by atoms with Crippen molar-refractivity contribution in [2.24, 2.45) is 5.10 Å². The first kappa shape index (κ1) is 21.0. The molecule has 1 aliphatic heterocycles. The Bertz CT molecular complexity index is 951. The molecule has 30 heavy (non-hydrogen) atoms. The predicted molar refractivity (Wildman–Crippen MR) is 111 cm³/mol. The Kier molecular flexibility index (Phi) is 6.74. The lowest BCUT2D eigenvalue weighted by Crippen LogP contribution is -2.21. The number of methoxy groups -OCH3 is 2. The maximum Gasteiger partial charge on any atom is 0.271 e. The van der Waals surface area contributed by atoms with Crippen molar-refractivity contribution in [3.63, 3.8) is 0 Å². The molecule has 0 saturated heterocycles. The van der Waals surface area contributed by atoms with Gasteiger partial charge in [-0.25, -0.2) is 5.43 Å². The number of carbonyl (C=O) groups excluding carboxylic acids is 2. The lowest BCUT2D eigenvalue weighted by atomic mass is 10.2. The van der Waals surface area contributed by atoms with E-state index in [0.717, 1.165) is 0 Å². The average molecular weight is 413 g/mol. The van der Waals surface area contributed by atoms with E-state index in [4.69, 9.17) is 18.9 Å². The number of nitrogens with one attached hydrogen (secondary N) is 2. The quantitative estimate of drug-likeness (QED) is 0.534. The molecule has 0 radical (unpaired) electrons. The molecule has 9 heteroatoms. The molecule has 158 valence electrons. The Balaban J connectivity index is 1.57. The number of carbonyl (C=O) groups is 2. The van der Waals surface area contributed by atoms with E-state index in [1.165, 1.54) is 14.2 Å². The molecule has 3 rings (SSSR count). The summed E-state index contributed by atoms with van der Waals surface area (Å²) >= 11 is 0. The van der Waals surface area contributed by atoms with Crippen LogP contribution in [0, 0.1) is 0 Å². The second kappa shape index (κ2) is 9.64. The molecule has 0 unspecified atom stereocenters. The van der Waals surface area contributed by atoms with Crippen molar-refractivity contribution >= 4 is 23.2 Å². The standard InChI is InChI=1S/C21H23N3O6/c1-13(23-24-21(26)14-9-16(27-2)12-17(10-14)28-3)8-20(25)22-15-4-5-18-19(11-15)30-7-6-29-18/h4-5,9-12H,6-8H2,1-3H3,(H,22,25)(H,24,26)/b23-13-. The van der Waals surface area contributed by atoms with Crippen molar-refractivity contribution in [3.8, 4) is 23.0 Å². The highest BCUT2D eigenvalue weighted by Crippen LogP contribution is 2.32. The number of hydrogen-bond donors (Lipinski definition) is 2. The number of benzene rings is 2. The Hall–Kier alpha value is -3.75. The van der Waals surface area contributed by atoms with Crippen LogP contribution in [0.15, 0.2) is 41.5 Å². The van der Waals surface area contributed by atoms with Crippen LogP contribution in [0.4, 0.5) is 5.69 Å². The second-order valence-electron chi connectivity index (χ2n) is 6.47. The van der Waals surface area contributed by atoms with Gasteiger partial charge in [-0.3, -0.25) is 9.59 Å². The summed E-state index contributed by atoms with van der Waals surface area (Å²) in [5, 5.41) is 6.76. The molecule has 0 spiro atoms. The zero-order chi connectivity index (χ0) is 21.5. The monoisotopic (exact) mass is 413 g/mol. The first-order valence-electron chi connectivity index (χ1n) is 9.24. The van der Waals surface area contributed by atoms with Gasteiger partial charge in [0.05, 0.1) is 20.6 Å². The third-order valence-electron chi connectivity index (χ3n) is 4.20. The van der Waals surface area contributed by atoms with Gasteiger partial charge in [0.2, 0.25) is 5.91 Å². The topological polar surface area (TPSA) is 107 Å². The molecule has 0 fully saturated rings. The number of anilines is 1. The van der Waals surface area contributed by atoms with Gasteiger partial charge in [0.1, 0.15) is 24.7 Å². The van der Waals surface area contributed by atoms with Crippen molar-refractivity contribution in [3.05, 3.63) is 42.0 Å². The number of amides is 2. The molecule has 2 amide bonds. The molecular weight excluding hydrogens is 390 g/mol. The third kappa shape index (κ3) is 5.40. The molecule has 0 atom stereocenters. The number of hydrogen-bond acceptors (Lipinski definition) is 7. The van der Waals surface area contributed by atoms with Crippen LogP contribution in [0.25, 0.3) is 0 Å². The van der Waals surface area contributed by atoms with Crippen molar-refractivity contribution in [2.45, 2.75) is 13.3 Å². The lowest BCUT2D eigenvalue weighted by molar-refractivity contribution is -0.115. The van der Waals surface area contributed by atoms with Crippen molar-refractivity contribution in [1.82, 2.24) is 5.43 Å². The van der Waals surface area contributed by atoms with E-state index in [2.05, 4.69) is 15.8 Å². The zero-order valence-electron chi connectivity index (χ0n) is 17.0. The fraction of sp³-hybridized carbons (Fsp3) is 0.286. The summed E-state index contributed by atoms with van der Waals surface area (Å²) in [5.41, 5.74) is 3.78. The molecule has 0 aromatic heterocycles. The molecule has 0 saturated carbocycles. The van der Waals surface area contributed by atoms with Crippen LogP contribution < -0.4 is 29.7 Å².